The Balaban J connectivity index is 1.44. The summed E-state index contributed by atoms with van der Waals surface area (Å²) >= 11 is 0. The minimum Gasteiger partial charge on any atom is -0.445 e. The van der Waals surface area contributed by atoms with Gasteiger partial charge in [0, 0.05) is 19.0 Å². The molecule has 0 saturated carbocycles. The SMILES string of the molecule is O=C(/C=C/[C@@H](O)[C@H](CCc1ccccc1)NC(=O)[C@H](Cc1ccccc1)NC(=O)OCc1ccccc1)NCc1ccccc1. The zero-order valence-corrected chi connectivity index (χ0v) is 25.0. The zero-order chi connectivity index (χ0) is 31.7. The lowest BCUT2D eigenvalue weighted by Gasteiger charge is -2.26. The largest absolute Gasteiger partial charge is 0.445 e. The van der Waals surface area contributed by atoms with Crippen LogP contribution in [0, 0.1) is 0 Å². The lowest BCUT2D eigenvalue weighted by Crippen LogP contribution is -2.53. The highest BCUT2D eigenvalue weighted by Crippen LogP contribution is 2.11. The molecule has 3 atom stereocenters. The monoisotopic (exact) mass is 605 g/mol. The molecule has 45 heavy (non-hydrogen) atoms. The molecule has 4 rings (SSSR count). The number of hydrogen-bond acceptors (Lipinski definition) is 5. The van der Waals surface area contributed by atoms with E-state index in [4.69, 9.17) is 4.74 Å². The highest BCUT2D eigenvalue weighted by atomic mass is 16.5. The van der Waals surface area contributed by atoms with Gasteiger partial charge < -0.3 is 25.8 Å². The molecule has 4 N–H and O–H groups in total. The maximum absolute atomic E-state index is 13.7. The molecule has 0 bridgehead atoms. The van der Waals surface area contributed by atoms with Gasteiger partial charge in [-0.25, -0.2) is 4.79 Å². The summed E-state index contributed by atoms with van der Waals surface area (Å²) in [4.78, 5) is 38.9. The van der Waals surface area contributed by atoms with E-state index in [1.807, 2.05) is 121 Å². The molecule has 0 aliphatic carbocycles. The molecule has 0 aliphatic rings. The number of benzene rings is 4. The van der Waals surface area contributed by atoms with Crippen LogP contribution in [-0.4, -0.2) is 41.2 Å². The first-order chi connectivity index (χ1) is 22.0. The molecule has 8 nitrogen and oxygen atoms in total. The third kappa shape index (κ3) is 11.8. The van der Waals surface area contributed by atoms with Crippen molar-refractivity contribution in [3.05, 3.63) is 156 Å². The van der Waals surface area contributed by atoms with Gasteiger partial charge in [0.15, 0.2) is 0 Å². The Labute approximate surface area is 264 Å². The van der Waals surface area contributed by atoms with Crippen LogP contribution in [0.15, 0.2) is 133 Å². The number of aliphatic hydroxyl groups excluding tert-OH is 1. The molecule has 232 valence electrons. The van der Waals surface area contributed by atoms with Crippen molar-refractivity contribution in [2.45, 2.75) is 50.6 Å². The lowest BCUT2D eigenvalue weighted by atomic mass is 9.99. The van der Waals surface area contributed by atoms with Crippen molar-refractivity contribution in [2.24, 2.45) is 0 Å². The van der Waals surface area contributed by atoms with Gasteiger partial charge in [0.2, 0.25) is 11.8 Å². The van der Waals surface area contributed by atoms with E-state index in [-0.39, 0.29) is 18.9 Å². The van der Waals surface area contributed by atoms with E-state index in [1.165, 1.54) is 12.2 Å². The van der Waals surface area contributed by atoms with E-state index in [1.54, 1.807) is 0 Å². The van der Waals surface area contributed by atoms with Crippen molar-refractivity contribution in [2.75, 3.05) is 0 Å². The average Bonchev–Trinajstić information content (AvgIpc) is 3.08. The first-order valence-corrected chi connectivity index (χ1v) is 15.0. The third-order valence-corrected chi connectivity index (χ3v) is 7.19. The highest BCUT2D eigenvalue weighted by molar-refractivity contribution is 5.88. The van der Waals surface area contributed by atoms with Crippen LogP contribution in [0.1, 0.15) is 28.7 Å². The second kappa shape index (κ2) is 17.8. The Morgan fingerprint density at radius 1 is 0.689 bits per heavy atom. The second-order valence-electron chi connectivity index (χ2n) is 10.6. The first-order valence-electron chi connectivity index (χ1n) is 15.0. The van der Waals surface area contributed by atoms with E-state index in [9.17, 15) is 19.5 Å². The van der Waals surface area contributed by atoms with Crippen molar-refractivity contribution in [1.82, 2.24) is 16.0 Å². The number of aryl methyl sites for hydroxylation is 1. The van der Waals surface area contributed by atoms with Gasteiger partial charge in [-0.1, -0.05) is 121 Å². The summed E-state index contributed by atoms with van der Waals surface area (Å²) < 4.78 is 5.39. The van der Waals surface area contributed by atoms with Gasteiger partial charge in [0.05, 0.1) is 12.1 Å². The van der Waals surface area contributed by atoms with Crippen LogP contribution in [0.5, 0.6) is 0 Å². The number of aliphatic hydroxyl groups is 1. The van der Waals surface area contributed by atoms with Crippen molar-refractivity contribution in [3.63, 3.8) is 0 Å². The highest BCUT2D eigenvalue weighted by Gasteiger charge is 2.27. The molecule has 0 aliphatic heterocycles. The summed E-state index contributed by atoms with van der Waals surface area (Å²) in [5, 5.41) is 19.6. The number of amides is 3. The maximum atomic E-state index is 13.7. The van der Waals surface area contributed by atoms with E-state index < -0.39 is 30.2 Å². The fraction of sp³-hybridized carbons (Fsp3) is 0.216. The third-order valence-electron chi connectivity index (χ3n) is 7.19. The van der Waals surface area contributed by atoms with Gasteiger partial charge in [-0.3, -0.25) is 9.59 Å². The zero-order valence-electron chi connectivity index (χ0n) is 25.0. The summed E-state index contributed by atoms with van der Waals surface area (Å²) in [6.07, 6.45) is 1.94. The van der Waals surface area contributed by atoms with Crippen LogP contribution < -0.4 is 16.0 Å². The number of ether oxygens (including phenoxy) is 1. The molecule has 0 aromatic heterocycles. The average molecular weight is 606 g/mol. The van der Waals surface area contributed by atoms with Gasteiger partial charge in [-0.2, -0.15) is 0 Å². The molecule has 0 spiro atoms. The summed E-state index contributed by atoms with van der Waals surface area (Å²) in [6, 6.07) is 36.1. The van der Waals surface area contributed by atoms with E-state index in [2.05, 4.69) is 16.0 Å². The summed E-state index contributed by atoms with van der Waals surface area (Å²) in [6.45, 7) is 0.406. The number of hydrogen-bond donors (Lipinski definition) is 4. The first kappa shape index (κ1) is 32.7. The summed E-state index contributed by atoms with van der Waals surface area (Å²) in [5.74, 6) is -0.842. The van der Waals surface area contributed by atoms with Crippen LogP contribution in [0.25, 0.3) is 0 Å². The molecular weight excluding hydrogens is 566 g/mol. The Kier molecular flexibility index (Phi) is 12.9. The molecule has 4 aromatic rings. The van der Waals surface area contributed by atoms with E-state index >= 15 is 0 Å². The number of nitrogens with one attached hydrogen (secondary N) is 3. The quantitative estimate of drug-likeness (QED) is 0.144. The second-order valence-corrected chi connectivity index (χ2v) is 10.6. The molecule has 4 aromatic carbocycles. The van der Waals surface area contributed by atoms with Gasteiger partial charge in [-0.15, -0.1) is 0 Å². The minimum absolute atomic E-state index is 0.0574. The standard InChI is InChI=1S/C37H39N3O5/c41-34(23-24-35(42)38-26-30-17-9-3-10-18-30)32(22-21-28-13-5-1-6-14-28)39-36(43)33(25-29-15-7-2-8-16-29)40-37(44)45-27-31-19-11-4-12-20-31/h1-20,23-24,32-34,41H,21-22,25-27H2,(H,38,42)(H,39,43)(H,40,44)/b24-23+/t32-,33-,34+/m0/s1. The fourth-order valence-electron chi connectivity index (χ4n) is 4.71. The lowest BCUT2D eigenvalue weighted by molar-refractivity contribution is -0.124. The smallest absolute Gasteiger partial charge is 0.408 e. The van der Waals surface area contributed by atoms with E-state index in [0.717, 1.165) is 22.3 Å². The van der Waals surface area contributed by atoms with Gasteiger partial charge in [0.1, 0.15) is 12.6 Å². The maximum Gasteiger partial charge on any atom is 0.408 e. The Hall–Kier alpha value is -5.21. The fourth-order valence-corrected chi connectivity index (χ4v) is 4.71. The van der Waals surface area contributed by atoms with Gasteiger partial charge in [0.25, 0.3) is 0 Å². The van der Waals surface area contributed by atoms with Crippen molar-refractivity contribution >= 4 is 17.9 Å². The molecular formula is C37H39N3O5. The molecule has 0 heterocycles. The van der Waals surface area contributed by atoms with Crippen LogP contribution in [0.2, 0.25) is 0 Å². The molecule has 0 fully saturated rings. The Morgan fingerprint density at radius 3 is 1.82 bits per heavy atom. The predicted molar refractivity (Wildman–Crippen MR) is 174 cm³/mol. The topological polar surface area (TPSA) is 117 Å². The molecule has 3 amide bonds. The number of alkyl carbamates (subject to hydrolysis) is 1. The van der Waals surface area contributed by atoms with Crippen LogP contribution in [0.3, 0.4) is 0 Å². The van der Waals surface area contributed by atoms with Crippen LogP contribution in [0.4, 0.5) is 4.79 Å². The Morgan fingerprint density at radius 2 is 1.22 bits per heavy atom. The molecule has 0 saturated heterocycles. The molecule has 0 unspecified atom stereocenters. The molecule has 0 radical (unpaired) electrons. The normalized spacial score (nSPS) is 12.9. The van der Waals surface area contributed by atoms with Crippen LogP contribution >= 0.6 is 0 Å². The molecule has 8 heteroatoms. The number of rotatable bonds is 15. The van der Waals surface area contributed by atoms with Crippen molar-refractivity contribution < 1.29 is 24.2 Å². The van der Waals surface area contributed by atoms with E-state index in [0.29, 0.717) is 19.4 Å². The van der Waals surface area contributed by atoms with Gasteiger partial charge in [-0.05, 0) is 41.2 Å². The summed E-state index contributed by atoms with van der Waals surface area (Å²) in [7, 11) is 0. The minimum atomic E-state index is -1.16. The predicted octanol–water partition coefficient (Wildman–Crippen LogP) is 4.88. The Bertz CT molecular complexity index is 1500. The van der Waals surface area contributed by atoms with Gasteiger partial charge >= 0.3 is 6.09 Å². The number of carbonyl (C=O) groups excluding carboxylic acids is 3. The van der Waals surface area contributed by atoms with Crippen LogP contribution in [-0.2, 0) is 40.3 Å². The summed E-state index contributed by atoms with van der Waals surface area (Å²) in [5.41, 5.74) is 3.65. The van der Waals surface area contributed by atoms with Crippen molar-refractivity contribution in [3.8, 4) is 0 Å². The van der Waals surface area contributed by atoms with Crippen molar-refractivity contribution in [1.29, 1.82) is 0 Å². The number of carbonyl (C=O) groups is 3.